The van der Waals surface area contributed by atoms with Crippen molar-refractivity contribution in [3.63, 3.8) is 0 Å². The molecular weight excluding hydrogens is 328 g/mol. The number of carbonyl (C=O) groups is 1. The van der Waals surface area contributed by atoms with E-state index in [1.54, 1.807) is 6.92 Å². The van der Waals surface area contributed by atoms with E-state index in [0.29, 0.717) is 5.56 Å². The molecule has 1 aliphatic rings. The van der Waals surface area contributed by atoms with Crippen LogP contribution in [0.4, 0.5) is 0 Å². The van der Waals surface area contributed by atoms with Crippen LogP contribution < -0.4 is 10.5 Å². The van der Waals surface area contributed by atoms with Crippen molar-refractivity contribution in [3.8, 4) is 0 Å². The highest BCUT2D eigenvalue weighted by molar-refractivity contribution is 7.89. The first-order valence-corrected chi connectivity index (χ1v) is 9.96. The molecule has 1 aromatic rings. The summed E-state index contributed by atoms with van der Waals surface area (Å²) in [6.45, 7) is 2.28. The van der Waals surface area contributed by atoms with Gasteiger partial charge in [-0.2, -0.15) is 0 Å². The molecule has 24 heavy (non-hydrogen) atoms. The van der Waals surface area contributed by atoms with Crippen molar-refractivity contribution >= 4 is 16.0 Å². The number of nitrogens with one attached hydrogen (secondary N) is 1. The van der Waals surface area contributed by atoms with Gasteiger partial charge in [-0.25, -0.2) is 17.9 Å². The van der Waals surface area contributed by atoms with E-state index in [0.717, 1.165) is 25.7 Å². The Balaban J connectivity index is 2.09. The predicted molar refractivity (Wildman–Crippen MR) is 92.1 cm³/mol. The maximum absolute atomic E-state index is 12.6. The SMILES string of the molecule is CCOC(=O)c1ccc(S(=O)(=O)NC(CN)C2CCCCC2)cc1. The van der Waals surface area contributed by atoms with Crippen LogP contribution in [0, 0.1) is 5.92 Å². The molecule has 0 saturated heterocycles. The molecular formula is C17H26N2O4S. The van der Waals surface area contributed by atoms with Gasteiger partial charge < -0.3 is 10.5 Å². The second-order valence-electron chi connectivity index (χ2n) is 6.11. The summed E-state index contributed by atoms with van der Waals surface area (Å²) >= 11 is 0. The number of hydrogen-bond acceptors (Lipinski definition) is 5. The van der Waals surface area contributed by atoms with Crippen LogP contribution >= 0.6 is 0 Å². The second kappa shape index (κ2) is 8.60. The van der Waals surface area contributed by atoms with Crippen LogP contribution in [0.1, 0.15) is 49.4 Å². The lowest BCUT2D eigenvalue weighted by atomic mass is 9.84. The third-order valence-corrected chi connectivity index (χ3v) is 5.96. The topological polar surface area (TPSA) is 98.5 Å². The van der Waals surface area contributed by atoms with Crippen molar-refractivity contribution in [2.45, 2.75) is 50.0 Å². The van der Waals surface area contributed by atoms with E-state index in [9.17, 15) is 13.2 Å². The van der Waals surface area contributed by atoms with E-state index in [1.165, 1.54) is 30.7 Å². The molecule has 6 nitrogen and oxygen atoms in total. The molecule has 0 amide bonds. The molecule has 0 aliphatic heterocycles. The smallest absolute Gasteiger partial charge is 0.338 e. The Morgan fingerprint density at radius 3 is 2.42 bits per heavy atom. The molecule has 1 unspecified atom stereocenters. The lowest BCUT2D eigenvalue weighted by molar-refractivity contribution is 0.0526. The molecule has 0 bridgehead atoms. The normalized spacial score (nSPS) is 17.4. The Morgan fingerprint density at radius 1 is 1.25 bits per heavy atom. The van der Waals surface area contributed by atoms with Crippen LogP contribution in [-0.4, -0.2) is 33.6 Å². The van der Waals surface area contributed by atoms with Crippen LogP contribution in [0.3, 0.4) is 0 Å². The van der Waals surface area contributed by atoms with E-state index in [4.69, 9.17) is 10.5 Å². The minimum atomic E-state index is -3.66. The fourth-order valence-corrected chi connectivity index (χ4v) is 4.44. The summed E-state index contributed by atoms with van der Waals surface area (Å²) in [5.41, 5.74) is 6.13. The first-order valence-electron chi connectivity index (χ1n) is 8.47. The third kappa shape index (κ3) is 4.78. The third-order valence-electron chi connectivity index (χ3n) is 4.46. The van der Waals surface area contributed by atoms with Crippen molar-refractivity contribution in [1.82, 2.24) is 4.72 Å². The van der Waals surface area contributed by atoms with Crippen LogP contribution in [0.25, 0.3) is 0 Å². The Bertz CT molecular complexity index is 637. The Morgan fingerprint density at radius 2 is 1.88 bits per heavy atom. The van der Waals surface area contributed by atoms with Gasteiger partial charge in [-0.05, 0) is 49.9 Å². The summed E-state index contributed by atoms with van der Waals surface area (Å²) in [7, 11) is -3.66. The molecule has 1 saturated carbocycles. The van der Waals surface area contributed by atoms with E-state index >= 15 is 0 Å². The fourth-order valence-electron chi connectivity index (χ4n) is 3.13. The molecule has 1 aliphatic carbocycles. The van der Waals surface area contributed by atoms with Gasteiger partial charge in [0.05, 0.1) is 17.1 Å². The highest BCUT2D eigenvalue weighted by Crippen LogP contribution is 2.27. The molecule has 2 rings (SSSR count). The molecule has 3 N–H and O–H groups in total. The minimum Gasteiger partial charge on any atom is -0.462 e. The van der Waals surface area contributed by atoms with Crippen molar-refractivity contribution in [2.75, 3.05) is 13.2 Å². The number of nitrogens with two attached hydrogens (primary N) is 1. The van der Waals surface area contributed by atoms with Gasteiger partial charge in [-0.15, -0.1) is 0 Å². The predicted octanol–water partition coefficient (Wildman–Crippen LogP) is 2.05. The number of ether oxygens (including phenoxy) is 1. The first-order chi connectivity index (χ1) is 11.5. The highest BCUT2D eigenvalue weighted by Gasteiger charge is 2.27. The lowest BCUT2D eigenvalue weighted by Crippen LogP contribution is -2.45. The molecule has 7 heteroatoms. The molecule has 0 aromatic heterocycles. The molecule has 1 atom stereocenters. The van der Waals surface area contributed by atoms with Crippen LogP contribution in [0.5, 0.6) is 0 Å². The quantitative estimate of drug-likeness (QED) is 0.730. The van der Waals surface area contributed by atoms with Crippen molar-refractivity contribution < 1.29 is 17.9 Å². The van der Waals surface area contributed by atoms with Crippen LogP contribution in [0.2, 0.25) is 0 Å². The molecule has 1 fully saturated rings. The van der Waals surface area contributed by atoms with E-state index in [1.807, 2.05) is 0 Å². The largest absolute Gasteiger partial charge is 0.462 e. The standard InChI is InChI=1S/C17H26N2O4S/c1-2-23-17(20)14-8-10-15(11-9-14)24(21,22)19-16(12-18)13-6-4-3-5-7-13/h8-11,13,16,19H,2-7,12,18H2,1H3. The van der Waals surface area contributed by atoms with E-state index in [-0.39, 0.29) is 30.0 Å². The number of hydrogen-bond donors (Lipinski definition) is 2. The lowest BCUT2D eigenvalue weighted by Gasteiger charge is -2.29. The monoisotopic (exact) mass is 354 g/mol. The summed E-state index contributed by atoms with van der Waals surface area (Å²) in [4.78, 5) is 11.8. The molecule has 0 radical (unpaired) electrons. The summed E-state index contributed by atoms with van der Waals surface area (Å²) in [5.74, 6) is -0.172. The van der Waals surface area contributed by atoms with Gasteiger partial charge in [-0.1, -0.05) is 19.3 Å². The molecule has 134 valence electrons. The number of benzene rings is 1. The minimum absolute atomic E-state index is 0.129. The first kappa shape index (κ1) is 18.9. The van der Waals surface area contributed by atoms with Gasteiger partial charge in [0.1, 0.15) is 0 Å². The van der Waals surface area contributed by atoms with Gasteiger partial charge in [0, 0.05) is 12.6 Å². The summed E-state index contributed by atoms with van der Waals surface area (Å²) in [6, 6.07) is 5.52. The summed E-state index contributed by atoms with van der Waals surface area (Å²) in [5, 5.41) is 0. The molecule has 1 aromatic carbocycles. The number of esters is 1. The van der Waals surface area contributed by atoms with Gasteiger partial charge in [0.15, 0.2) is 0 Å². The fraction of sp³-hybridized carbons (Fsp3) is 0.588. The Kier molecular flexibility index (Phi) is 6.77. The zero-order valence-electron chi connectivity index (χ0n) is 14.0. The average molecular weight is 354 g/mol. The Hall–Kier alpha value is -1.44. The van der Waals surface area contributed by atoms with Gasteiger partial charge in [-0.3, -0.25) is 0 Å². The number of carbonyl (C=O) groups excluding carboxylic acids is 1. The summed E-state index contributed by atoms with van der Waals surface area (Å²) in [6.07, 6.45) is 5.46. The number of rotatable bonds is 7. The van der Waals surface area contributed by atoms with Crippen molar-refractivity contribution in [2.24, 2.45) is 11.7 Å². The second-order valence-corrected chi connectivity index (χ2v) is 7.82. The summed E-state index contributed by atoms with van der Waals surface area (Å²) < 4.78 is 32.8. The zero-order chi connectivity index (χ0) is 17.6. The van der Waals surface area contributed by atoms with Gasteiger partial charge in [0.25, 0.3) is 0 Å². The van der Waals surface area contributed by atoms with E-state index < -0.39 is 16.0 Å². The van der Waals surface area contributed by atoms with Gasteiger partial charge >= 0.3 is 5.97 Å². The maximum Gasteiger partial charge on any atom is 0.338 e. The molecule has 0 heterocycles. The Labute approximate surface area is 143 Å². The van der Waals surface area contributed by atoms with Crippen molar-refractivity contribution in [1.29, 1.82) is 0 Å². The van der Waals surface area contributed by atoms with E-state index in [2.05, 4.69) is 4.72 Å². The average Bonchev–Trinajstić information content (AvgIpc) is 2.61. The highest BCUT2D eigenvalue weighted by atomic mass is 32.2. The zero-order valence-corrected chi connectivity index (χ0v) is 14.8. The number of sulfonamides is 1. The van der Waals surface area contributed by atoms with Crippen LogP contribution in [0.15, 0.2) is 29.2 Å². The van der Waals surface area contributed by atoms with Crippen LogP contribution in [-0.2, 0) is 14.8 Å². The molecule has 0 spiro atoms. The maximum atomic E-state index is 12.6. The van der Waals surface area contributed by atoms with Gasteiger partial charge in [0.2, 0.25) is 10.0 Å². The van der Waals surface area contributed by atoms with Crippen molar-refractivity contribution in [3.05, 3.63) is 29.8 Å².